The zero-order valence-corrected chi connectivity index (χ0v) is 17.0. The number of rotatable bonds is 7. The zero-order chi connectivity index (χ0) is 19.3. The average Bonchev–Trinajstić information content (AvgIpc) is 3.21. The quantitative estimate of drug-likeness (QED) is 0.706. The fraction of sp³-hybridized carbons (Fsp3) is 0.421. The summed E-state index contributed by atoms with van der Waals surface area (Å²) in [5.41, 5.74) is 0. The number of sulfonamides is 1. The maximum absolute atomic E-state index is 12.7. The largest absolute Gasteiger partial charge is 0.497 e. The number of thiophene rings is 1. The number of nitrogens with zero attached hydrogens (tertiary/aromatic N) is 2. The smallest absolute Gasteiger partial charge is 0.243 e. The summed E-state index contributed by atoms with van der Waals surface area (Å²) in [4.78, 5) is 15.7. The van der Waals surface area contributed by atoms with Crippen LogP contribution in [-0.2, 0) is 21.2 Å². The van der Waals surface area contributed by atoms with E-state index in [-0.39, 0.29) is 10.8 Å². The number of amides is 1. The van der Waals surface area contributed by atoms with E-state index in [9.17, 15) is 13.2 Å². The van der Waals surface area contributed by atoms with Crippen LogP contribution in [0.15, 0.2) is 46.7 Å². The molecule has 0 bridgehead atoms. The van der Waals surface area contributed by atoms with Gasteiger partial charge in [-0.3, -0.25) is 4.79 Å². The second kappa shape index (κ2) is 8.86. The second-order valence-electron chi connectivity index (χ2n) is 6.39. The van der Waals surface area contributed by atoms with E-state index in [0.29, 0.717) is 38.3 Å². The summed E-state index contributed by atoms with van der Waals surface area (Å²) in [6.07, 6.45) is 2.24. The highest BCUT2D eigenvalue weighted by molar-refractivity contribution is 7.89. The Hall–Kier alpha value is -1.90. The molecule has 27 heavy (non-hydrogen) atoms. The van der Waals surface area contributed by atoms with Crippen molar-refractivity contribution >= 4 is 27.3 Å². The van der Waals surface area contributed by atoms with Crippen LogP contribution >= 0.6 is 11.3 Å². The lowest BCUT2D eigenvalue weighted by atomic mass is 10.2. The minimum Gasteiger partial charge on any atom is -0.497 e. The molecule has 2 aromatic rings. The Balaban J connectivity index is 1.50. The van der Waals surface area contributed by atoms with Gasteiger partial charge in [0, 0.05) is 37.5 Å². The Kier molecular flexibility index (Phi) is 6.51. The Morgan fingerprint density at radius 1 is 1.11 bits per heavy atom. The molecule has 0 spiro atoms. The van der Waals surface area contributed by atoms with Crippen molar-refractivity contribution in [1.82, 2.24) is 9.21 Å². The van der Waals surface area contributed by atoms with Gasteiger partial charge in [0.25, 0.3) is 0 Å². The summed E-state index contributed by atoms with van der Waals surface area (Å²) in [6.45, 7) is 1.52. The van der Waals surface area contributed by atoms with Crippen molar-refractivity contribution in [2.45, 2.75) is 24.2 Å². The Morgan fingerprint density at radius 3 is 2.41 bits per heavy atom. The van der Waals surface area contributed by atoms with Crippen molar-refractivity contribution in [3.05, 3.63) is 46.7 Å². The van der Waals surface area contributed by atoms with Crippen LogP contribution in [0.1, 0.15) is 17.7 Å². The number of methoxy groups -OCH3 is 1. The first-order chi connectivity index (χ1) is 13.0. The molecule has 1 amide bonds. The van der Waals surface area contributed by atoms with Gasteiger partial charge >= 0.3 is 0 Å². The van der Waals surface area contributed by atoms with E-state index in [1.807, 2.05) is 11.4 Å². The first-order valence-electron chi connectivity index (χ1n) is 8.95. The van der Waals surface area contributed by atoms with Crippen molar-refractivity contribution in [2.75, 3.05) is 33.3 Å². The average molecular weight is 409 g/mol. The molecule has 1 saturated heterocycles. The van der Waals surface area contributed by atoms with Gasteiger partial charge in [0.15, 0.2) is 0 Å². The number of carbonyl (C=O) groups is 1. The van der Waals surface area contributed by atoms with E-state index in [4.69, 9.17) is 4.74 Å². The molecule has 0 unspecified atom stereocenters. The van der Waals surface area contributed by atoms with Gasteiger partial charge in [-0.25, -0.2) is 8.42 Å². The molecule has 0 saturated carbocycles. The predicted octanol–water partition coefficient (Wildman–Crippen LogP) is 2.61. The number of piperazine rings is 1. The van der Waals surface area contributed by atoms with Gasteiger partial charge in [-0.05, 0) is 48.6 Å². The third-order valence-corrected chi connectivity index (χ3v) is 7.53. The molecule has 3 rings (SSSR count). The lowest BCUT2D eigenvalue weighted by molar-refractivity contribution is -0.132. The Labute approximate surface area is 164 Å². The molecule has 0 atom stereocenters. The summed E-state index contributed by atoms with van der Waals surface area (Å²) < 4.78 is 32.0. The molecule has 1 aromatic heterocycles. The molecule has 1 fully saturated rings. The van der Waals surface area contributed by atoms with Crippen LogP contribution in [0.3, 0.4) is 0 Å². The van der Waals surface area contributed by atoms with Gasteiger partial charge in [0.1, 0.15) is 5.75 Å². The van der Waals surface area contributed by atoms with Gasteiger partial charge in [-0.2, -0.15) is 4.31 Å². The molecule has 8 heteroatoms. The highest BCUT2D eigenvalue weighted by Crippen LogP contribution is 2.21. The van der Waals surface area contributed by atoms with Crippen LogP contribution in [0.25, 0.3) is 0 Å². The minimum absolute atomic E-state index is 0.105. The van der Waals surface area contributed by atoms with Gasteiger partial charge in [-0.15, -0.1) is 11.3 Å². The third kappa shape index (κ3) is 4.88. The Morgan fingerprint density at radius 2 is 1.81 bits per heavy atom. The highest BCUT2D eigenvalue weighted by atomic mass is 32.2. The van der Waals surface area contributed by atoms with E-state index in [1.54, 1.807) is 47.6 Å². The van der Waals surface area contributed by atoms with Crippen molar-refractivity contribution in [3.63, 3.8) is 0 Å². The topological polar surface area (TPSA) is 66.9 Å². The van der Waals surface area contributed by atoms with E-state index < -0.39 is 10.0 Å². The first kappa shape index (κ1) is 19.9. The zero-order valence-electron chi connectivity index (χ0n) is 15.3. The molecular weight excluding hydrogens is 384 g/mol. The predicted molar refractivity (Wildman–Crippen MR) is 106 cm³/mol. The maximum atomic E-state index is 12.7. The number of ether oxygens (including phenoxy) is 1. The molecule has 6 nitrogen and oxygen atoms in total. The molecule has 0 aliphatic carbocycles. The van der Waals surface area contributed by atoms with Crippen molar-refractivity contribution in [1.29, 1.82) is 0 Å². The summed E-state index contributed by atoms with van der Waals surface area (Å²) >= 11 is 1.71. The van der Waals surface area contributed by atoms with Gasteiger partial charge in [0.2, 0.25) is 15.9 Å². The van der Waals surface area contributed by atoms with Crippen LogP contribution in [0.5, 0.6) is 5.75 Å². The van der Waals surface area contributed by atoms with Gasteiger partial charge < -0.3 is 9.64 Å². The normalized spacial score (nSPS) is 15.7. The van der Waals surface area contributed by atoms with Crippen molar-refractivity contribution in [2.24, 2.45) is 0 Å². The Bertz CT molecular complexity index is 840. The van der Waals surface area contributed by atoms with Crippen LogP contribution < -0.4 is 4.74 Å². The maximum Gasteiger partial charge on any atom is 0.243 e. The third-order valence-electron chi connectivity index (χ3n) is 4.68. The van der Waals surface area contributed by atoms with Crippen LogP contribution in [0.2, 0.25) is 0 Å². The van der Waals surface area contributed by atoms with E-state index >= 15 is 0 Å². The molecule has 146 valence electrons. The lowest BCUT2D eigenvalue weighted by Gasteiger charge is -2.34. The molecule has 0 radical (unpaired) electrons. The monoisotopic (exact) mass is 408 g/mol. The number of hydrogen-bond donors (Lipinski definition) is 0. The fourth-order valence-corrected chi connectivity index (χ4v) is 5.27. The summed E-state index contributed by atoms with van der Waals surface area (Å²) in [5, 5.41) is 2.04. The lowest BCUT2D eigenvalue weighted by Crippen LogP contribution is -2.50. The molecular formula is C19H24N2O4S2. The molecule has 0 N–H and O–H groups in total. The molecule has 2 heterocycles. The molecule has 1 aromatic carbocycles. The number of carbonyl (C=O) groups excluding carboxylic acids is 1. The number of hydrogen-bond acceptors (Lipinski definition) is 5. The van der Waals surface area contributed by atoms with Crippen molar-refractivity contribution in [3.8, 4) is 5.75 Å². The SMILES string of the molecule is COc1ccc(S(=O)(=O)N2CCN(C(=O)CCCc3cccs3)CC2)cc1. The van der Waals surface area contributed by atoms with Crippen LogP contribution in [0, 0.1) is 0 Å². The summed E-state index contributed by atoms with van der Waals surface area (Å²) in [6, 6.07) is 10.5. The standard InChI is InChI=1S/C19H24N2O4S2/c1-25-16-7-9-18(10-8-16)27(23,24)21-13-11-20(12-14-21)19(22)6-2-4-17-5-3-15-26-17/h3,5,7-10,15H,2,4,6,11-14H2,1H3. The number of benzene rings is 1. The van der Waals surface area contributed by atoms with Gasteiger partial charge in [-0.1, -0.05) is 6.07 Å². The van der Waals surface area contributed by atoms with Crippen LogP contribution in [-0.4, -0.2) is 56.8 Å². The second-order valence-corrected chi connectivity index (χ2v) is 9.36. The van der Waals surface area contributed by atoms with E-state index in [1.165, 1.54) is 9.18 Å². The fourth-order valence-electron chi connectivity index (χ4n) is 3.10. The first-order valence-corrected chi connectivity index (χ1v) is 11.3. The summed E-state index contributed by atoms with van der Waals surface area (Å²) in [5.74, 6) is 0.722. The minimum atomic E-state index is -3.54. The highest BCUT2D eigenvalue weighted by Gasteiger charge is 2.29. The van der Waals surface area contributed by atoms with Crippen LogP contribution in [0.4, 0.5) is 0 Å². The molecule has 1 aliphatic rings. The molecule has 1 aliphatic heterocycles. The van der Waals surface area contributed by atoms with Gasteiger partial charge in [0.05, 0.1) is 12.0 Å². The van der Waals surface area contributed by atoms with Crippen molar-refractivity contribution < 1.29 is 17.9 Å². The van der Waals surface area contributed by atoms with E-state index in [0.717, 1.165) is 12.8 Å². The summed E-state index contributed by atoms with van der Waals surface area (Å²) in [7, 11) is -2.00. The number of aryl methyl sites for hydroxylation is 1. The van der Waals surface area contributed by atoms with E-state index in [2.05, 4.69) is 6.07 Å².